The lowest BCUT2D eigenvalue weighted by Crippen LogP contribution is -2.43. The predicted octanol–water partition coefficient (Wildman–Crippen LogP) is 4.66. The lowest BCUT2D eigenvalue weighted by atomic mass is 9.96. The Kier molecular flexibility index (Phi) is 11.0. The van der Waals surface area contributed by atoms with Crippen molar-refractivity contribution in [3.63, 3.8) is 0 Å². The Morgan fingerprint density at radius 2 is 1.97 bits per heavy atom. The number of hydrogen-bond donors (Lipinski definition) is 2. The predicted molar refractivity (Wildman–Crippen MR) is 128 cm³/mol. The lowest BCUT2D eigenvalue weighted by molar-refractivity contribution is 0.294. The third kappa shape index (κ3) is 7.03. The number of nitriles is 1. The topological polar surface area (TPSA) is 75.8 Å². The van der Waals surface area contributed by atoms with Crippen molar-refractivity contribution in [2.24, 2.45) is 9.98 Å². The molecular formula is C24H32F4N6. The largest absolute Gasteiger partial charge is 0.361 e. The van der Waals surface area contributed by atoms with Gasteiger partial charge < -0.3 is 10.3 Å². The number of benzene rings is 1. The summed E-state index contributed by atoms with van der Waals surface area (Å²) >= 11 is 0. The van der Waals surface area contributed by atoms with Crippen LogP contribution in [0, 0.1) is 29.9 Å². The van der Waals surface area contributed by atoms with Crippen LogP contribution in [0.1, 0.15) is 49.7 Å². The summed E-state index contributed by atoms with van der Waals surface area (Å²) in [7, 11) is 1.54. The van der Waals surface area contributed by atoms with Gasteiger partial charge >= 0.3 is 0 Å². The van der Waals surface area contributed by atoms with Gasteiger partial charge in [0.15, 0.2) is 5.82 Å². The molecule has 0 amide bonds. The SMILES string of the molecule is CN=C/C(=C\N=CCN(c1c(C(C)C#N)cc(F)c(C)c1F)C1CCCC1)NNC(CF)CF. The van der Waals surface area contributed by atoms with Crippen LogP contribution in [0.15, 0.2) is 27.9 Å². The number of alkyl halides is 2. The molecule has 0 radical (unpaired) electrons. The molecule has 186 valence electrons. The van der Waals surface area contributed by atoms with E-state index in [0.29, 0.717) is 11.3 Å². The third-order valence-corrected chi connectivity index (χ3v) is 5.82. The summed E-state index contributed by atoms with van der Waals surface area (Å²) in [6.07, 6.45) is 8.14. The van der Waals surface area contributed by atoms with Gasteiger partial charge in [-0.15, -0.1) is 0 Å². The van der Waals surface area contributed by atoms with E-state index in [2.05, 4.69) is 26.9 Å². The van der Waals surface area contributed by atoms with Crippen LogP contribution in [0.4, 0.5) is 23.2 Å². The van der Waals surface area contributed by atoms with Crippen LogP contribution in [0.5, 0.6) is 0 Å². The zero-order valence-corrected chi connectivity index (χ0v) is 19.8. The lowest BCUT2D eigenvalue weighted by Gasteiger charge is -2.33. The van der Waals surface area contributed by atoms with Crippen LogP contribution in [-0.2, 0) is 0 Å². The van der Waals surface area contributed by atoms with Gasteiger partial charge in [0.2, 0.25) is 0 Å². The van der Waals surface area contributed by atoms with Gasteiger partial charge in [-0.05, 0) is 38.3 Å². The van der Waals surface area contributed by atoms with Crippen molar-refractivity contribution in [3.05, 3.63) is 40.7 Å². The van der Waals surface area contributed by atoms with Gasteiger partial charge in [0, 0.05) is 31.1 Å². The fourth-order valence-corrected chi connectivity index (χ4v) is 3.86. The molecule has 0 aromatic heterocycles. The number of rotatable bonds is 12. The molecule has 0 heterocycles. The Morgan fingerprint density at radius 1 is 1.29 bits per heavy atom. The van der Waals surface area contributed by atoms with E-state index in [4.69, 9.17) is 0 Å². The van der Waals surface area contributed by atoms with Crippen molar-refractivity contribution in [1.29, 1.82) is 5.26 Å². The average Bonchev–Trinajstić information content (AvgIpc) is 3.37. The minimum absolute atomic E-state index is 0.0331. The fourth-order valence-electron chi connectivity index (χ4n) is 3.86. The highest BCUT2D eigenvalue weighted by molar-refractivity contribution is 5.78. The maximum absolute atomic E-state index is 15.4. The number of nitrogens with zero attached hydrogens (tertiary/aromatic N) is 4. The Hall–Kier alpha value is -2.93. The molecule has 1 unspecified atom stereocenters. The molecule has 34 heavy (non-hydrogen) atoms. The number of hydrogen-bond acceptors (Lipinski definition) is 6. The minimum atomic E-state index is -0.999. The van der Waals surface area contributed by atoms with Crippen molar-refractivity contribution in [2.75, 3.05) is 31.8 Å². The average molecular weight is 481 g/mol. The van der Waals surface area contributed by atoms with Gasteiger partial charge in [0.1, 0.15) is 19.2 Å². The van der Waals surface area contributed by atoms with E-state index >= 15 is 4.39 Å². The molecule has 1 aliphatic carbocycles. The summed E-state index contributed by atoms with van der Waals surface area (Å²) in [4.78, 5) is 9.98. The Morgan fingerprint density at radius 3 is 2.56 bits per heavy atom. The van der Waals surface area contributed by atoms with Gasteiger partial charge in [-0.25, -0.2) is 23.0 Å². The van der Waals surface area contributed by atoms with Crippen molar-refractivity contribution in [2.45, 2.75) is 57.5 Å². The molecule has 2 N–H and O–H groups in total. The molecule has 1 fully saturated rings. The summed E-state index contributed by atoms with van der Waals surface area (Å²) in [6.45, 7) is 1.47. The highest BCUT2D eigenvalue weighted by Gasteiger charge is 2.29. The van der Waals surface area contributed by atoms with Gasteiger partial charge in [0.05, 0.1) is 42.2 Å². The second-order valence-corrected chi connectivity index (χ2v) is 8.25. The van der Waals surface area contributed by atoms with Crippen LogP contribution in [0.25, 0.3) is 0 Å². The molecule has 0 saturated heterocycles. The first-order chi connectivity index (χ1) is 16.4. The van der Waals surface area contributed by atoms with E-state index in [0.717, 1.165) is 25.7 Å². The van der Waals surface area contributed by atoms with E-state index in [1.807, 2.05) is 4.90 Å². The number of aliphatic imine (C=N–C) groups is 2. The molecule has 0 spiro atoms. The minimum Gasteiger partial charge on any atom is -0.361 e. The Labute approximate surface area is 198 Å². The highest BCUT2D eigenvalue weighted by atomic mass is 19.1. The molecular weight excluding hydrogens is 448 g/mol. The van der Waals surface area contributed by atoms with Crippen molar-refractivity contribution >= 4 is 18.1 Å². The van der Waals surface area contributed by atoms with Gasteiger partial charge in [0.25, 0.3) is 0 Å². The Balaban J connectivity index is 2.34. The number of nitrogens with one attached hydrogen (secondary N) is 2. The van der Waals surface area contributed by atoms with E-state index in [9.17, 15) is 18.4 Å². The van der Waals surface area contributed by atoms with Crippen LogP contribution in [0.2, 0.25) is 0 Å². The Bertz CT molecular complexity index is 930. The second-order valence-electron chi connectivity index (χ2n) is 8.25. The van der Waals surface area contributed by atoms with E-state index in [1.54, 1.807) is 20.2 Å². The highest BCUT2D eigenvalue weighted by Crippen LogP contribution is 2.37. The van der Waals surface area contributed by atoms with Gasteiger partial charge in [-0.1, -0.05) is 12.8 Å². The second kappa shape index (κ2) is 13.7. The van der Waals surface area contributed by atoms with Crippen molar-refractivity contribution in [3.8, 4) is 6.07 Å². The van der Waals surface area contributed by atoms with Gasteiger partial charge in [-0.2, -0.15) is 5.26 Å². The zero-order chi connectivity index (χ0) is 25.1. The van der Waals surface area contributed by atoms with E-state index in [1.165, 1.54) is 25.4 Å². The summed E-state index contributed by atoms with van der Waals surface area (Å²) in [5, 5.41) is 9.44. The summed E-state index contributed by atoms with van der Waals surface area (Å²) in [6, 6.07) is 2.37. The quantitative estimate of drug-likeness (QED) is 0.259. The molecule has 1 aliphatic rings. The maximum atomic E-state index is 15.4. The standard InChI is InChI=1S/C24H32F4N6/c1-16(13-29)21-10-22(27)17(2)23(28)24(21)34(20-6-4-5-7-20)9-8-31-15-19(14-30-3)33-32-18(11-25)12-26/h8,10,14-16,18,20,32-33H,4-7,9,11-12H2,1-3H3/b19-15+,30-14?,31-8?. The maximum Gasteiger partial charge on any atom is 0.152 e. The molecule has 0 aliphatic heterocycles. The van der Waals surface area contributed by atoms with Gasteiger partial charge in [-0.3, -0.25) is 9.98 Å². The van der Waals surface area contributed by atoms with Crippen LogP contribution in [-0.4, -0.2) is 51.5 Å². The number of halogens is 4. The van der Waals surface area contributed by atoms with Crippen LogP contribution in [0.3, 0.4) is 0 Å². The first-order valence-corrected chi connectivity index (χ1v) is 11.3. The normalized spacial score (nSPS) is 16.0. The number of allylic oxidation sites excluding steroid dienone is 1. The first kappa shape index (κ1) is 27.3. The molecule has 1 saturated carbocycles. The summed E-state index contributed by atoms with van der Waals surface area (Å²) < 4.78 is 55.1. The number of anilines is 1. The smallest absolute Gasteiger partial charge is 0.152 e. The summed E-state index contributed by atoms with van der Waals surface area (Å²) in [5.74, 6) is -2.04. The molecule has 0 bridgehead atoms. The van der Waals surface area contributed by atoms with Crippen molar-refractivity contribution < 1.29 is 17.6 Å². The molecule has 1 atom stereocenters. The zero-order valence-electron chi connectivity index (χ0n) is 19.8. The van der Waals surface area contributed by atoms with E-state index in [-0.39, 0.29) is 23.8 Å². The fraction of sp³-hybridized carbons (Fsp3) is 0.542. The van der Waals surface area contributed by atoms with Crippen LogP contribution < -0.4 is 15.8 Å². The molecule has 1 aromatic carbocycles. The number of hydrazine groups is 1. The monoisotopic (exact) mass is 480 g/mol. The third-order valence-electron chi connectivity index (χ3n) is 5.82. The first-order valence-electron chi connectivity index (χ1n) is 11.3. The van der Waals surface area contributed by atoms with Crippen LogP contribution >= 0.6 is 0 Å². The molecule has 10 heteroatoms. The summed E-state index contributed by atoms with van der Waals surface area (Å²) in [5.41, 5.74) is 6.01. The molecule has 2 rings (SSSR count). The molecule has 6 nitrogen and oxygen atoms in total. The van der Waals surface area contributed by atoms with E-state index < -0.39 is 36.9 Å². The van der Waals surface area contributed by atoms with Crippen molar-refractivity contribution in [1.82, 2.24) is 10.9 Å². The molecule has 1 aromatic rings.